The fourth-order valence-corrected chi connectivity index (χ4v) is 4.17. The van der Waals surface area contributed by atoms with Crippen LogP contribution in [0.1, 0.15) is 51.5 Å². The van der Waals surface area contributed by atoms with Crippen LogP contribution >= 0.6 is 0 Å². The third kappa shape index (κ3) is 6.11. The fraction of sp³-hybridized carbons (Fsp3) is 0.652. The number of hydrogen-bond acceptors (Lipinski definition) is 7. The summed E-state index contributed by atoms with van der Waals surface area (Å²) in [6.45, 7) is 5.53. The first-order chi connectivity index (χ1) is 14.5. The van der Waals surface area contributed by atoms with E-state index in [1.54, 1.807) is 21.1 Å². The van der Waals surface area contributed by atoms with E-state index in [1.807, 2.05) is 25.1 Å². The summed E-state index contributed by atoms with van der Waals surface area (Å²) in [4.78, 5) is 25.1. The van der Waals surface area contributed by atoms with Gasteiger partial charge in [0.15, 0.2) is 0 Å². The Morgan fingerprint density at radius 2 is 1.90 bits per heavy atom. The van der Waals surface area contributed by atoms with Crippen molar-refractivity contribution in [2.45, 2.75) is 52.5 Å². The Kier molecular flexibility index (Phi) is 9.43. The largest absolute Gasteiger partial charge is 0.497 e. The number of nitrogens with one attached hydrogen (secondary N) is 1. The second-order valence-electron chi connectivity index (χ2n) is 7.65. The summed E-state index contributed by atoms with van der Waals surface area (Å²) in [6, 6.07) is 5.70. The normalized spacial score (nSPS) is 21.0. The number of benzene rings is 1. The fourth-order valence-electron chi connectivity index (χ4n) is 4.17. The van der Waals surface area contributed by atoms with E-state index in [0.29, 0.717) is 39.1 Å². The molecule has 0 radical (unpaired) electrons. The lowest BCUT2D eigenvalue weighted by atomic mass is 9.67. The number of esters is 2. The number of ether oxygens (including phenoxy) is 4. The van der Waals surface area contributed by atoms with E-state index >= 15 is 0 Å². The van der Waals surface area contributed by atoms with Crippen LogP contribution in [-0.2, 0) is 25.6 Å². The maximum absolute atomic E-state index is 12.8. The molecule has 0 aliphatic heterocycles. The Bertz CT molecular complexity index is 707. The first-order valence-corrected chi connectivity index (χ1v) is 10.7. The SMILES string of the molecule is CCOC(=O)[C@@H]1CCC[C@@](CCNCc2ccc(OC)cc2OC)(C(=O)OCC)C1. The van der Waals surface area contributed by atoms with Gasteiger partial charge >= 0.3 is 11.9 Å². The van der Waals surface area contributed by atoms with Crippen LogP contribution in [-0.4, -0.2) is 45.9 Å². The van der Waals surface area contributed by atoms with E-state index in [0.717, 1.165) is 36.3 Å². The molecule has 2 atom stereocenters. The van der Waals surface area contributed by atoms with Gasteiger partial charge in [-0.25, -0.2) is 0 Å². The molecule has 1 aromatic carbocycles. The smallest absolute Gasteiger partial charge is 0.312 e. The Morgan fingerprint density at radius 1 is 1.13 bits per heavy atom. The minimum absolute atomic E-state index is 0.206. The maximum atomic E-state index is 12.8. The Balaban J connectivity index is 2.02. The monoisotopic (exact) mass is 421 g/mol. The van der Waals surface area contributed by atoms with E-state index in [-0.39, 0.29) is 17.9 Å². The zero-order valence-electron chi connectivity index (χ0n) is 18.6. The van der Waals surface area contributed by atoms with E-state index < -0.39 is 5.41 Å². The molecule has 0 amide bonds. The molecule has 0 heterocycles. The first kappa shape index (κ1) is 24.0. The highest BCUT2D eigenvalue weighted by molar-refractivity contribution is 5.79. The highest BCUT2D eigenvalue weighted by Gasteiger charge is 2.45. The van der Waals surface area contributed by atoms with Gasteiger partial charge in [-0.3, -0.25) is 9.59 Å². The number of carbonyl (C=O) groups is 2. The lowest BCUT2D eigenvalue weighted by Gasteiger charge is -2.38. The highest BCUT2D eigenvalue weighted by atomic mass is 16.5. The minimum atomic E-state index is -0.650. The zero-order chi connectivity index (χ0) is 22.0. The number of hydrogen-bond donors (Lipinski definition) is 1. The molecule has 30 heavy (non-hydrogen) atoms. The number of rotatable bonds is 11. The maximum Gasteiger partial charge on any atom is 0.312 e. The average Bonchev–Trinajstić information content (AvgIpc) is 2.77. The molecular formula is C23H35NO6. The number of carbonyl (C=O) groups excluding carboxylic acids is 2. The highest BCUT2D eigenvalue weighted by Crippen LogP contribution is 2.43. The molecule has 1 aromatic rings. The van der Waals surface area contributed by atoms with Crippen LogP contribution in [0.3, 0.4) is 0 Å². The molecule has 0 unspecified atom stereocenters. The molecule has 0 bridgehead atoms. The molecule has 1 fully saturated rings. The molecular weight excluding hydrogens is 386 g/mol. The average molecular weight is 422 g/mol. The van der Waals surface area contributed by atoms with Gasteiger partial charge < -0.3 is 24.3 Å². The van der Waals surface area contributed by atoms with Crippen molar-refractivity contribution in [3.8, 4) is 11.5 Å². The summed E-state index contributed by atoms with van der Waals surface area (Å²) in [5.74, 6) is 0.834. The minimum Gasteiger partial charge on any atom is -0.497 e. The summed E-state index contributed by atoms with van der Waals surface area (Å²) in [6.07, 6.45) is 3.40. The van der Waals surface area contributed by atoms with Gasteiger partial charge in [0.2, 0.25) is 0 Å². The van der Waals surface area contributed by atoms with Crippen LogP contribution in [0.2, 0.25) is 0 Å². The summed E-state index contributed by atoms with van der Waals surface area (Å²) in [5, 5.41) is 3.41. The molecule has 168 valence electrons. The van der Waals surface area contributed by atoms with Crippen molar-refractivity contribution >= 4 is 11.9 Å². The van der Waals surface area contributed by atoms with E-state index in [9.17, 15) is 9.59 Å². The topological polar surface area (TPSA) is 83.1 Å². The summed E-state index contributed by atoms with van der Waals surface area (Å²) < 4.78 is 21.3. The van der Waals surface area contributed by atoms with Crippen molar-refractivity contribution in [2.75, 3.05) is 34.0 Å². The molecule has 1 N–H and O–H groups in total. The van der Waals surface area contributed by atoms with Crippen LogP contribution in [0, 0.1) is 11.3 Å². The molecule has 1 aliphatic carbocycles. The van der Waals surface area contributed by atoms with Gasteiger partial charge in [0.25, 0.3) is 0 Å². The summed E-state index contributed by atoms with van der Waals surface area (Å²) in [7, 11) is 3.25. The van der Waals surface area contributed by atoms with Crippen molar-refractivity contribution in [2.24, 2.45) is 11.3 Å². The van der Waals surface area contributed by atoms with Crippen LogP contribution < -0.4 is 14.8 Å². The quantitative estimate of drug-likeness (QED) is 0.433. The van der Waals surface area contributed by atoms with Crippen LogP contribution in [0.15, 0.2) is 18.2 Å². The van der Waals surface area contributed by atoms with Crippen molar-refractivity contribution < 1.29 is 28.5 Å². The van der Waals surface area contributed by atoms with Gasteiger partial charge in [0.1, 0.15) is 11.5 Å². The summed E-state index contributed by atoms with van der Waals surface area (Å²) >= 11 is 0. The predicted octanol–water partition coefficient (Wildman–Crippen LogP) is 3.49. The van der Waals surface area contributed by atoms with E-state index in [4.69, 9.17) is 18.9 Å². The van der Waals surface area contributed by atoms with Crippen molar-refractivity contribution in [1.29, 1.82) is 0 Å². The molecule has 0 spiro atoms. The van der Waals surface area contributed by atoms with Crippen molar-refractivity contribution in [3.05, 3.63) is 23.8 Å². The predicted molar refractivity (Wildman–Crippen MR) is 114 cm³/mol. The molecule has 0 aromatic heterocycles. The van der Waals surface area contributed by atoms with Gasteiger partial charge in [0, 0.05) is 18.2 Å². The van der Waals surface area contributed by atoms with Crippen LogP contribution in [0.4, 0.5) is 0 Å². The van der Waals surface area contributed by atoms with E-state index in [1.165, 1.54) is 0 Å². The lowest BCUT2D eigenvalue weighted by Crippen LogP contribution is -2.42. The molecule has 2 rings (SSSR count). The van der Waals surface area contributed by atoms with Gasteiger partial charge in [-0.1, -0.05) is 12.5 Å². The first-order valence-electron chi connectivity index (χ1n) is 10.7. The third-order valence-corrected chi connectivity index (χ3v) is 5.76. The Morgan fingerprint density at radius 3 is 2.57 bits per heavy atom. The molecule has 1 saturated carbocycles. The number of methoxy groups -OCH3 is 2. The van der Waals surface area contributed by atoms with Gasteiger partial charge in [-0.15, -0.1) is 0 Å². The molecule has 7 nitrogen and oxygen atoms in total. The van der Waals surface area contributed by atoms with Crippen LogP contribution in [0.5, 0.6) is 11.5 Å². The molecule has 7 heteroatoms. The second-order valence-corrected chi connectivity index (χ2v) is 7.65. The van der Waals surface area contributed by atoms with E-state index in [2.05, 4.69) is 5.32 Å². The molecule has 0 saturated heterocycles. The zero-order valence-corrected chi connectivity index (χ0v) is 18.6. The lowest BCUT2D eigenvalue weighted by molar-refractivity contribution is -0.163. The van der Waals surface area contributed by atoms with Crippen LogP contribution in [0.25, 0.3) is 0 Å². The van der Waals surface area contributed by atoms with Gasteiger partial charge in [-0.2, -0.15) is 0 Å². The van der Waals surface area contributed by atoms with Crippen molar-refractivity contribution in [3.63, 3.8) is 0 Å². The third-order valence-electron chi connectivity index (χ3n) is 5.76. The van der Waals surface area contributed by atoms with Crippen molar-refractivity contribution in [1.82, 2.24) is 5.32 Å². The molecule has 1 aliphatic rings. The Hall–Kier alpha value is -2.28. The standard InChI is InChI=1S/C23H35NO6/c1-5-29-21(25)17-8-7-11-23(15-17,22(26)30-6-2)12-13-24-16-18-9-10-19(27-3)14-20(18)28-4/h9-10,14,17,24H,5-8,11-13,15-16H2,1-4H3/t17-,23+/m1/s1. The summed E-state index contributed by atoms with van der Waals surface area (Å²) in [5.41, 5.74) is 0.361. The van der Waals surface area contributed by atoms with Gasteiger partial charge in [-0.05, 0) is 52.1 Å². The Labute approximate surface area is 179 Å². The van der Waals surface area contributed by atoms with Gasteiger partial charge in [0.05, 0.1) is 38.8 Å². The second kappa shape index (κ2) is 11.8.